The van der Waals surface area contributed by atoms with Gasteiger partial charge in [-0.3, -0.25) is 0 Å². The van der Waals surface area contributed by atoms with Crippen LogP contribution in [0.3, 0.4) is 0 Å². The van der Waals surface area contributed by atoms with E-state index in [1.54, 1.807) is 0 Å². The second kappa shape index (κ2) is 14.7. The van der Waals surface area contributed by atoms with Crippen LogP contribution in [-0.4, -0.2) is 4.57 Å². The van der Waals surface area contributed by atoms with Crippen molar-refractivity contribution in [2.24, 2.45) is 0 Å². The van der Waals surface area contributed by atoms with Crippen molar-refractivity contribution >= 4 is 92.3 Å². The number of hydrogen-bond acceptors (Lipinski definition) is 3. The summed E-state index contributed by atoms with van der Waals surface area (Å²) in [6.07, 6.45) is 0. The molecule has 0 aliphatic rings. The van der Waals surface area contributed by atoms with Gasteiger partial charge in [-0.25, -0.2) is 0 Å². The van der Waals surface area contributed by atoms with Crippen molar-refractivity contribution < 1.29 is 4.42 Å². The molecule has 0 saturated carbocycles. The van der Waals surface area contributed by atoms with Crippen molar-refractivity contribution in [1.29, 1.82) is 0 Å². The minimum Gasteiger partial charge on any atom is -0.455 e. The summed E-state index contributed by atoms with van der Waals surface area (Å²) in [7, 11) is 0. The van der Waals surface area contributed by atoms with Gasteiger partial charge in [0.2, 0.25) is 0 Å². The summed E-state index contributed by atoms with van der Waals surface area (Å²) in [6, 6.07) is 83.4. The van der Waals surface area contributed by atoms with Crippen LogP contribution in [0.25, 0.3) is 103 Å². The van der Waals surface area contributed by atoms with Gasteiger partial charge in [0.1, 0.15) is 11.2 Å². The number of para-hydroxylation sites is 4. The highest BCUT2D eigenvalue weighted by Gasteiger charge is 2.23. The Morgan fingerprint density at radius 1 is 0.391 bits per heavy atom. The fraction of sp³-hybridized carbons (Fsp3) is 0. The molecule has 3 nitrogen and oxygen atoms in total. The van der Waals surface area contributed by atoms with E-state index < -0.39 is 0 Å². The van der Waals surface area contributed by atoms with Crippen LogP contribution in [0.1, 0.15) is 0 Å². The van der Waals surface area contributed by atoms with Crippen molar-refractivity contribution in [3.8, 4) is 39.1 Å². The lowest BCUT2D eigenvalue weighted by molar-refractivity contribution is 0.670. The smallest absolute Gasteiger partial charge is 0.143 e. The fourth-order valence-electron chi connectivity index (χ4n) is 9.89. The van der Waals surface area contributed by atoms with Crippen molar-refractivity contribution in [2.75, 3.05) is 4.90 Å². The number of furan rings is 1. The Hall–Kier alpha value is -8.18. The molecule has 0 N–H and O–H groups in total. The van der Waals surface area contributed by atoms with Crippen LogP contribution in [0, 0.1) is 0 Å². The molecule has 3 heterocycles. The molecule has 0 atom stereocenters. The predicted octanol–water partition coefficient (Wildman–Crippen LogP) is 17.5. The van der Waals surface area contributed by atoms with Crippen LogP contribution in [0.15, 0.2) is 235 Å². The van der Waals surface area contributed by atoms with Crippen LogP contribution >= 0.6 is 11.3 Å². The molecule has 0 bridgehead atoms. The summed E-state index contributed by atoms with van der Waals surface area (Å²) in [4.78, 5) is 2.44. The molecular weight excluding hydrogens is 797 g/mol. The summed E-state index contributed by atoms with van der Waals surface area (Å²) in [6.45, 7) is 0. The van der Waals surface area contributed by atoms with Gasteiger partial charge in [-0.2, -0.15) is 0 Å². The molecule has 0 fully saturated rings. The van der Waals surface area contributed by atoms with E-state index in [-0.39, 0.29) is 0 Å². The number of benzene rings is 10. The van der Waals surface area contributed by atoms with E-state index in [4.69, 9.17) is 4.42 Å². The lowest BCUT2D eigenvalue weighted by atomic mass is 9.98. The molecule has 0 unspecified atom stereocenters. The second-order valence-electron chi connectivity index (χ2n) is 16.4. The molecule has 0 saturated heterocycles. The van der Waals surface area contributed by atoms with Crippen molar-refractivity contribution in [3.63, 3.8) is 0 Å². The van der Waals surface area contributed by atoms with Gasteiger partial charge in [-0.05, 0) is 94.5 Å². The van der Waals surface area contributed by atoms with E-state index >= 15 is 0 Å². The van der Waals surface area contributed by atoms with Crippen LogP contribution < -0.4 is 4.90 Å². The first-order valence-corrected chi connectivity index (χ1v) is 22.6. The molecule has 64 heavy (non-hydrogen) atoms. The van der Waals surface area contributed by atoms with Crippen LogP contribution in [0.2, 0.25) is 0 Å². The third-order valence-corrected chi connectivity index (χ3v) is 14.0. The van der Waals surface area contributed by atoms with Crippen molar-refractivity contribution in [2.45, 2.75) is 0 Å². The Kier molecular flexibility index (Phi) is 8.40. The molecule has 3 aromatic heterocycles. The van der Waals surface area contributed by atoms with Crippen molar-refractivity contribution in [1.82, 2.24) is 4.57 Å². The van der Waals surface area contributed by atoms with E-state index in [0.717, 1.165) is 55.8 Å². The Bertz CT molecular complexity index is 3860. The van der Waals surface area contributed by atoms with Gasteiger partial charge in [0, 0.05) is 64.3 Å². The highest BCUT2D eigenvalue weighted by molar-refractivity contribution is 7.26. The van der Waals surface area contributed by atoms with Crippen LogP contribution in [0.5, 0.6) is 0 Å². The quantitative estimate of drug-likeness (QED) is 0.159. The number of fused-ring (bicyclic) bond motifs is 9. The van der Waals surface area contributed by atoms with E-state index in [2.05, 4.69) is 234 Å². The molecule has 13 aromatic rings. The Labute approximate surface area is 373 Å². The number of anilines is 3. The first-order valence-electron chi connectivity index (χ1n) is 21.7. The monoisotopic (exact) mass is 834 g/mol. The summed E-state index contributed by atoms with van der Waals surface area (Å²) in [5.74, 6) is 0. The topological polar surface area (TPSA) is 21.3 Å². The van der Waals surface area contributed by atoms with Gasteiger partial charge in [0.05, 0.1) is 16.7 Å². The number of rotatable bonds is 7. The maximum Gasteiger partial charge on any atom is 0.143 e. The van der Waals surface area contributed by atoms with Gasteiger partial charge < -0.3 is 13.9 Å². The molecule has 0 amide bonds. The zero-order valence-corrected chi connectivity index (χ0v) is 35.5. The maximum absolute atomic E-state index is 6.57. The first kappa shape index (κ1) is 36.5. The molecule has 0 radical (unpaired) electrons. The van der Waals surface area contributed by atoms with Crippen molar-refractivity contribution in [3.05, 3.63) is 231 Å². The number of thiophene rings is 1. The number of nitrogens with zero attached hydrogens (tertiary/aromatic N) is 2. The molecule has 0 aliphatic heterocycles. The summed E-state index contributed by atoms with van der Waals surface area (Å²) in [5.41, 5.74) is 15.6. The van der Waals surface area contributed by atoms with Gasteiger partial charge >= 0.3 is 0 Å². The SMILES string of the molecule is c1ccc(-c2ccc(N(c3cccc(-c4cccc5c4oc4ccccc45)c3)c3ccc(-c4cccc(-n5c6ccccc6c6ccccc65)c4)c4sc5ccccc5c34)cc2)cc1. The highest BCUT2D eigenvalue weighted by Crippen LogP contribution is 2.49. The standard InChI is InChI=1S/C60H38N2OS/c1-2-15-39(16-3-1)40-31-33-43(34-32-40)61(44-19-12-17-41(37-44)46-25-14-26-51-50-23-6-10-29-56(50)63-59(46)51)55-36-35-47(60-58(55)52-24-7-11-30-57(52)64-60)42-18-13-20-45(38-42)62-53-27-8-4-21-48(53)49-22-5-9-28-54(49)62/h1-38H. The molecular formula is C60H38N2OS. The van der Waals surface area contributed by atoms with E-state index in [1.165, 1.54) is 64.2 Å². The van der Waals surface area contributed by atoms with Gasteiger partial charge in [0.15, 0.2) is 0 Å². The second-order valence-corrected chi connectivity index (χ2v) is 17.5. The summed E-state index contributed by atoms with van der Waals surface area (Å²) in [5, 5.41) is 7.24. The molecule has 4 heteroatoms. The zero-order chi connectivity index (χ0) is 42.1. The van der Waals surface area contributed by atoms with Crippen LogP contribution in [-0.2, 0) is 0 Å². The van der Waals surface area contributed by atoms with Crippen LogP contribution in [0.4, 0.5) is 17.1 Å². The average molecular weight is 835 g/mol. The summed E-state index contributed by atoms with van der Waals surface area (Å²) < 4.78 is 11.5. The predicted molar refractivity (Wildman–Crippen MR) is 272 cm³/mol. The van der Waals surface area contributed by atoms with E-state index in [9.17, 15) is 0 Å². The average Bonchev–Trinajstić information content (AvgIpc) is 4.05. The zero-order valence-electron chi connectivity index (χ0n) is 34.7. The Balaban J connectivity index is 1.02. The fourth-order valence-corrected chi connectivity index (χ4v) is 11.1. The van der Waals surface area contributed by atoms with E-state index in [1.807, 2.05) is 17.4 Å². The number of hydrogen-bond donors (Lipinski definition) is 0. The Morgan fingerprint density at radius 3 is 1.80 bits per heavy atom. The normalized spacial score (nSPS) is 11.8. The van der Waals surface area contributed by atoms with Gasteiger partial charge in [0.25, 0.3) is 0 Å². The largest absolute Gasteiger partial charge is 0.455 e. The molecule has 10 aromatic carbocycles. The maximum atomic E-state index is 6.57. The lowest BCUT2D eigenvalue weighted by Gasteiger charge is -2.28. The molecule has 300 valence electrons. The van der Waals surface area contributed by atoms with E-state index in [0.29, 0.717) is 0 Å². The number of aromatic nitrogens is 1. The first-order chi connectivity index (χ1) is 31.7. The molecule has 0 aliphatic carbocycles. The lowest BCUT2D eigenvalue weighted by Crippen LogP contribution is -2.10. The van der Waals surface area contributed by atoms with Gasteiger partial charge in [-0.1, -0.05) is 164 Å². The molecule has 0 spiro atoms. The molecule has 13 rings (SSSR count). The third kappa shape index (κ3) is 5.81. The third-order valence-electron chi connectivity index (χ3n) is 12.8. The summed E-state index contributed by atoms with van der Waals surface area (Å²) >= 11 is 1.87. The minimum absolute atomic E-state index is 0.897. The highest BCUT2D eigenvalue weighted by atomic mass is 32.1. The van der Waals surface area contributed by atoms with Gasteiger partial charge in [-0.15, -0.1) is 11.3 Å². The Morgan fingerprint density at radius 2 is 1.00 bits per heavy atom. The minimum atomic E-state index is 0.897.